The number of ether oxygens (including phenoxy) is 1. The largest absolute Gasteiger partial charge is 0.453 e. The van der Waals surface area contributed by atoms with E-state index >= 15 is 0 Å². The molecule has 1 atom stereocenters. The first-order valence-corrected chi connectivity index (χ1v) is 9.15. The predicted octanol–water partition coefficient (Wildman–Crippen LogP) is 3.83. The number of hydrogen-bond donors (Lipinski definition) is 1. The summed E-state index contributed by atoms with van der Waals surface area (Å²) in [6, 6.07) is 9.23. The number of benzene rings is 1. The summed E-state index contributed by atoms with van der Waals surface area (Å²) in [6.07, 6.45) is -3.01. The van der Waals surface area contributed by atoms with Crippen molar-refractivity contribution >= 4 is 17.2 Å². The van der Waals surface area contributed by atoms with Gasteiger partial charge in [-0.2, -0.15) is 26.5 Å². The van der Waals surface area contributed by atoms with Crippen LogP contribution in [-0.2, 0) is 6.18 Å². The van der Waals surface area contributed by atoms with Gasteiger partial charge in [-0.1, -0.05) is 0 Å². The van der Waals surface area contributed by atoms with E-state index in [4.69, 9.17) is 0 Å². The highest BCUT2D eigenvalue weighted by molar-refractivity contribution is 5.51. The molecule has 160 valence electrons. The topological polar surface area (TPSA) is 67.6 Å². The number of piperidine rings is 1. The number of fused-ring (bicyclic) bond motifs is 1. The molecule has 0 bridgehead atoms. The Morgan fingerprint density at radius 2 is 1.83 bits per heavy atom. The van der Waals surface area contributed by atoms with Crippen LogP contribution in [-0.4, -0.2) is 45.6 Å². The zero-order valence-corrected chi connectivity index (χ0v) is 15.5. The average Bonchev–Trinajstić information content (AvgIpc) is 3.12. The molecule has 0 amide bonds. The fourth-order valence-corrected chi connectivity index (χ4v) is 3.42. The molecular formula is C18H17F5N6O. The maximum atomic E-state index is 13.0. The van der Waals surface area contributed by atoms with Crippen LogP contribution in [0.3, 0.4) is 0 Å². The minimum atomic E-state index is -4.66. The Labute approximate surface area is 167 Å². The Morgan fingerprint density at radius 1 is 1.07 bits per heavy atom. The molecule has 1 unspecified atom stereocenters. The first kappa shape index (κ1) is 20.1. The normalized spacial score (nSPS) is 17.5. The molecule has 4 rings (SSSR count). The molecule has 3 heterocycles. The number of nitrogens with zero attached hydrogens (tertiary/aromatic N) is 5. The molecule has 3 aromatic rings. The van der Waals surface area contributed by atoms with E-state index in [1.165, 1.54) is 18.2 Å². The lowest BCUT2D eigenvalue weighted by Crippen LogP contribution is -2.42. The second-order valence-electron chi connectivity index (χ2n) is 6.81. The van der Waals surface area contributed by atoms with Gasteiger partial charge in [-0.3, -0.25) is 0 Å². The smallest absolute Gasteiger partial charge is 0.435 e. The first-order chi connectivity index (χ1) is 14.3. The summed E-state index contributed by atoms with van der Waals surface area (Å²) < 4.78 is 68.7. The van der Waals surface area contributed by atoms with Gasteiger partial charge in [0.1, 0.15) is 11.6 Å². The molecule has 30 heavy (non-hydrogen) atoms. The number of rotatable bonds is 5. The fourth-order valence-electron chi connectivity index (χ4n) is 3.42. The number of anilines is 2. The highest BCUT2D eigenvalue weighted by Crippen LogP contribution is 2.28. The molecule has 1 saturated heterocycles. The van der Waals surface area contributed by atoms with Crippen molar-refractivity contribution in [2.75, 3.05) is 23.3 Å². The summed E-state index contributed by atoms with van der Waals surface area (Å²) in [5.41, 5.74) is 0.842. The van der Waals surface area contributed by atoms with Crippen molar-refractivity contribution in [3.63, 3.8) is 0 Å². The Morgan fingerprint density at radius 3 is 2.53 bits per heavy atom. The third-order valence-electron chi connectivity index (χ3n) is 4.72. The lowest BCUT2D eigenvalue weighted by Gasteiger charge is -2.35. The highest BCUT2D eigenvalue weighted by atomic mass is 19.4. The van der Waals surface area contributed by atoms with Crippen LogP contribution in [0.25, 0.3) is 5.65 Å². The van der Waals surface area contributed by atoms with E-state index < -0.39 is 18.6 Å². The Balaban J connectivity index is 1.46. The number of nitrogens with one attached hydrogen (secondary N) is 1. The maximum absolute atomic E-state index is 13.0. The molecule has 0 aliphatic carbocycles. The van der Waals surface area contributed by atoms with Gasteiger partial charge >= 0.3 is 12.8 Å². The summed E-state index contributed by atoms with van der Waals surface area (Å²) in [5.74, 6) is -0.829. The molecule has 0 radical (unpaired) electrons. The van der Waals surface area contributed by atoms with Crippen LogP contribution in [0.5, 0.6) is 5.75 Å². The van der Waals surface area contributed by atoms with Gasteiger partial charge < -0.3 is 15.0 Å². The molecule has 1 fully saturated rings. The van der Waals surface area contributed by atoms with Gasteiger partial charge in [-0.05, 0) is 49.2 Å². The van der Waals surface area contributed by atoms with Crippen molar-refractivity contribution in [3.8, 4) is 5.75 Å². The van der Waals surface area contributed by atoms with Crippen molar-refractivity contribution < 1.29 is 26.7 Å². The summed E-state index contributed by atoms with van der Waals surface area (Å²) >= 11 is 0. The molecule has 1 N–H and O–H groups in total. The van der Waals surface area contributed by atoms with Crippen molar-refractivity contribution in [1.29, 1.82) is 0 Å². The van der Waals surface area contributed by atoms with Crippen LogP contribution >= 0.6 is 0 Å². The van der Waals surface area contributed by atoms with Crippen LogP contribution in [0, 0.1) is 0 Å². The molecule has 0 spiro atoms. The quantitative estimate of drug-likeness (QED) is 0.624. The van der Waals surface area contributed by atoms with Crippen molar-refractivity contribution in [3.05, 3.63) is 42.2 Å². The molecule has 1 aliphatic heterocycles. The highest BCUT2D eigenvalue weighted by Gasteiger charge is 2.37. The van der Waals surface area contributed by atoms with Crippen molar-refractivity contribution in [2.24, 2.45) is 0 Å². The Bertz CT molecular complexity index is 1010. The van der Waals surface area contributed by atoms with E-state index in [0.29, 0.717) is 11.1 Å². The molecule has 1 aromatic carbocycles. The zero-order chi connectivity index (χ0) is 21.3. The standard InChI is InChI=1S/C18H17F5N6O/c19-17(20)30-13-5-3-12(4-6-13)28-9-1-2-11(10-28)24-14-7-8-15-25-26-16(18(21,22)23)29(15)27-14/h3-8,11,17H,1-2,9-10H2,(H,24,27). The van der Waals surface area contributed by atoms with E-state index in [2.05, 4.69) is 30.2 Å². The number of hydrogen-bond acceptors (Lipinski definition) is 6. The van der Waals surface area contributed by atoms with Gasteiger partial charge in [0.05, 0.1) is 0 Å². The van der Waals surface area contributed by atoms with Crippen LogP contribution in [0.4, 0.5) is 33.5 Å². The molecule has 7 nitrogen and oxygen atoms in total. The van der Waals surface area contributed by atoms with Gasteiger partial charge in [0.2, 0.25) is 0 Å². The summed E-state index contributed by atoms with van der Waals surface area (Å²) in [7, 11) is 0. The monoisotopic (exact) mass is 428 g/mol. The molecule has 2 aromatic heterocycles. The summed E-state index contributed by atoms with van der Waals surface area (Å²) in [5, 5.41) is 13.8. The van der Waals surface area contributed by atoms with Crippen LogP contribution in [0.2, 0.25) is 0 Å². The summed E-state index contributed by atoms with van der Waals surface area (Å²) in [4.78, 5) is 2.06. The van der Waals surface area contributed by atoms with E-state index in [1.54, 1.807) is 18.2 Å². The van der Waals surface area contributed by atoms with Gasteiger partial charge in [0.25, 0.3) is 5.82 Å². The predicted molar refractivity (Wildman–Crippen MR) is 97.7 cm³/mol. The minimum Gasteiger partial charge on any atom is -0.435 e. The zero-order valence-electron chi connectivity index (χ0n) is 15.5. The van der Waals surface area contributed by atoms with Gasteiger partial charge in [-0.25, -0.2) is 0 Å². The van der Waals surface area contributed by atoms with Gasteiger partial charge in [-0.15, -0.1) is 15.3 Å². The van der Waals surface area contributed by atoms with Crippen molar-refractivity contribution in [2.45, 2.75) is 31.7 Å². The molecular weight excluding hydrogens is 411 g/mol. The Kier molecular flexibility index (Phi) is 5.31. The fraction of sp³-hybridized carbons (Fsp3) is 0.389. The third-order valence-corrected chi connectivity index (χ3v) is 4.72. The van der Waals surface area contributed by atoms with E-state index in [9.17, 15) is 22.0 Å². The Hall–Kier alpha value is -3.18. The van der Waals surface area contributed by atoms with Crippen LogP contribution in [0.15, 0.2) is 36.4 Å². The second kappa shape index (κ2) is 7.92. The molecule has 12 heteroatoms. The number of halogens is 5. The number of alkyl halides is 5. The lowest BCUT2D eigenvalue weighted by atomic mass is 10.0. The van der Waals surface area contributed by atoms with Crippen LogP contribution < -0.4 is 15.0 Å². The summed E-state index contributed by atoms with van der Waals surface area (Å²) in [6.45, 7) is -1.54. The third kappa shape index (κ3) is 4.36. The van der Waals surface area contributed by atoms with E-state index in [1.807, 2.05) is 0 Å². The van der Waals surface area contributed by atoms with E-state index in [0.717, 1.165) is 25.1 Å². The lowest BCUT2D eigenvalue weighted by molar-refractivity contribution is -0.146. The van der Waals surface area contributed by atoms with Gasteiger partial charge in [0, 0.05) is 24.8 Å². The first-order valence-electron chi connectivity index (χ1n) is 9.15. The molecule has 0 saturated carbocycles. The van der Waals surface area contributed by atoms with E-state index in [-0.39, 0.29) is 23.3 Å². The second-order valence-corrected chi connectivity index (χ2v) is 6.81. The maximum Gasteiger partial charge on any atom is 0.453 e. The average molecular weight is 428 g/mol. The van der Waals surface area contributed by atoms with Crippen molar-refractivity contribution in [1.82, 2.24) is 19.8 Å². The minimum absolute atomic E-state index is 0.00394. The number of aromatic nitrogens is 4. The SMILES string of the molecule is FC(F)Oc1ccc(N2CCCC(Nc3ccc4nnc(C(F)(F)F)n4n3)C2)cc1. The molecule has 1 aliphatic rings. The van der Waals surface area contributed by atoms with Crippen LogP contribution in [0.1, 0.15) is 18.7 Å². The van der Waals surface area contributed by atoms with Gasteiger partial charge in [0.15, 0.2) is 5.65 Å².